The van der Waals surface area contributed by atoms with E-state index in [1.54, 1.807) is 6.20 Å². The maximum Gasteiger partial charge on any atom is 0.181 e. The Morgan fingerprint density at radius 3 is 2.57 bits per heavy atom. The van der Waals surface area contributed by atoms with Gasteiger partial charge in [0.1, 0.15) is 18.3 Å². The molecule has 1 aromatic heterocycles. The van der Waals surface area contributed by atoms with Crippen LogP contribution in [0.4, 0.5) is 0 Å². The van der Waals surface area contributed by atoms with E-state index in [0.717, 1.165) is 11.3 Å². The summed E-state index contributed by atoms with van der Waals surface area (Å²) in [6.07, 6.45) is -1.79. The van der Waals surface area contributed by atoms with Gasteiger partial charge in [-0.3, -0.25) is 0 Å². The Balaban J connectivity index is 1.83. The van der Waals surface area contributed by atoms with Crippen molar-refractivity contribution < 1.29 is 20.1 Å². The van der Waals surface area contributed by atoms with Gasteiger partial charge < -0.3 is 20.1 Å². The molecule has 0 radical (unpaired) electrons. The first kappa shape index (κ1) is 14.2. The van der Waals surface area contributed by atoms with Crippen molar-refractivity contribution in [1.82, 2.24) is 15.0 Å². The number of aliphatic hydroxyl groups is 3. The van der Waals surface area contributed by atoms with E-state index in [1.807, 2.05) is 30.3 Å². The average Bonchev–Trinajstić information content (AvgIpc) is 3.06. The zero-order valence-corrected chi connectivity index (χ0v) is 11.3. The maximum absolute atomic E-state index is 10.0. The molecule has 0 saturated carbocycles. The third-order valence-electron chi connectivity index (χ3n) is 3.64. The van der Waals surface area contributed by atoms with E-state index in [2.05, 4.69) is 10.3 Å². The summed E-state index contributed by atoms with van der Waals surface area (Å²) in [6, 6.07) is 9.78. The lowest BCUT2D eigenvalue weighted by Gasteiger charge is -2.17. The fourth-order valence-electron chi connectivity index (χ4n) is 2.49. The Morgan fingerprint density at radius 1 is 1.14 bits per heavy atom. The number of rotatable bonds is 4. The van der Waals surface area contributed by atoms with Crippen LogP contribution in [0.5, 0.6) is 0 Å². The van der Waals surface area contributed by atoms with Gasteiger partial charge in [0.15, 0.2) is 6.23 Å². The SMILES string of the molecule is OC[C@H]1O[C@@H](n2nncc2Cc2ccccc2)[C@H](O)[C@@H]1O. The van der Waals surface area contributed by atoms with Gasteiger partial charge in [0.2, 0.25) is 0 Å². The molecule has 3 N–H and O–H groups in total. The van der Waals surface area contributed by atoms with Crippen molar-refractivity contribution in [2.75, 3.05) is 6.61 Å². The Hall–Kier alpha value is -1.80. The molecule has 7 heteroatoms. The van der Waals surface area contributed by atoms with Gasteiger partial charge in [0, 0.05) is 6.42 Å². The summed E-state index contributed by atoms with van der Waals surface area (Å²) >= 11 is 0. The van der Waals surface area contributed by atoms with Gasteiger partial charge in [0.25, 0.3) is 0 Å². The van der Waals surface area contributed by atoms with Crippen LogP contribution in [0.2, 0.25) is 0 Å². The Kier molecular flexibility index (Phi) is 3.98. The third kappa shape index (κ3) is 2.68. The summed E-state index contributed by atoms with van der Waals surface area (Å²) in [5.74, 6) is 0. The zero-order valence-electron chi connectivity index (χ0n) is 11.3. The average molecular weight is 291 g/mol. The van der Waals surface area contributed by atoms with Crippen molar-refractivity contribution in [2.24, 2.45) is 0 Å². The molecule has 0 aliphatic carbocycles. The van der Waals surface area contributed by atoms with E-state index < -0.39 is 24.5 Å². The smallest absolute Gasteiger partial charge is 0.181 e. The van der Waals surface area contributed by atoms with Crippen LogP contribution < -0.4 is 0 Å². The minimum absolute atomic E-state index is 0.364. The second kappa shape index (κ2) is 5.90. The highest BCUT2D eigenvalue weighted by molar-refractivity contribution is 5.20. The second-order valence-electron chi connectivity index (χ2n) is 5.06. The summed E-state index contributed by atoms with van der Waals surface area (Å²) < 4.78 is 6.92. The van der Waals surface area contributed by atoms with Gasteiger partial charge in [-0.05, 0) is 5.56 Å². The van der Waals surface area contributed by atoms with Gasteiger partial charge in [0.05, 0.1) is 18.5 Å². The molecule has 0 spiro atoms. The molecule has 1 saturated heterocycles. The summed E-state index contributed by atoms with van der Waals surface area (Å²) in [6.45, 7) is -0.364. The van der Waals surface area contributed by atoms with Gasteiger partial charge in [-0.15, -0.1) is 5.10 Å². The first-order valence-corrected chi connectivity index (χ1v) is 6.76. The fourth-order valence-corrected chi connectivity index (χ4v) is 2.49. The minimum atomic E-state index is -1.15. The lowest BCUT2D eigenvalue weighted by molar-refractivity contribution is -0.0605. The fraction of sp³-hybridized carbons (Fsp3) is 0.429. The third-order valence-corrected chi connectivity index (χ3v) is 3.64. The van der Waals surface area contributed by atoms with Crippen molar-refractivity contribution in [3.8, 4) is 0 Å². The van der Waals surface area contributed by atoms with Crippen molar-refractivity contribution in [1.29, 1.82) is 0 Å². The van der Waals surface area contributed by atoms with Crippen LogP contribution in [-0.4, -0.2) is 55.2 Å². The molecular weight excluding hydrogens is 274 g/mol. The van der Waals surface area contributed by atoms with E-state index in [1.165, 1.54) is 4.68 Å². The number of benzene rings is 1. The highest BCUT2D eigenvalue weighted by Crippen LogP contribution is 2.29. The number of nitrogens with zero attached hydrogens (tertiary/aromatic N) is 3. The van der Waals surface area contributed by atoms with Crippen molar-refractivity contribution in [2.45, 2.75) is 31.0 Å². The Morgan fingerprint density at radius 2 is 1.90 bits per heavy atom. The van der Waals surface area contributed by atoms with E-state index in [9.17, 15) is 10.2 Å². The summed E-state index contributed by atoms with van der Waals surface area (Å²) in [7, 11) is 0. The summed E-state index contributed by atoms with van der Waals surface area (Å²) in [5, 5.41) is 36.8. The Bertz CT molecular complexity index is 589. The van der Waals surface area contributed by atoms with E-state index in [4.69, 9.17) is 9.84 Å². The van der Waals surface area contributed by atoms with Crippen LogP contribution in [-0.2, 0) is 11.2 Å². The quantitative estimate of drug-likeness (QED) is 0.701. The monoisotopic (exact) mass is 291 g/mol. The number of ether oxygens (including phenoxy) is 1. The lowest BCUT2D eigenvalue weighted by Crippen LogP contribution is -2.33. The standard InChI is InChI=1S/C14H17N3O4/c18-8-11-12(19)13(20)14(21-11)17-10(7-15-16-17)6-9-4-2-1-3-5-9/h1-5,7,11-14,18-20H,6,8H2/t11-,12-,13-,14-/m1/s1. The summed E-state index contributed by atoms with van der Waals surface area (Å²) in [5.41, 5.74) is 1.84. The van der Waals surface area contributed by atoms with Gasteiger partial charge in [-0.25, -0.2) is 4.68 Å². The first-order chi connectivity index (χ1) is 10.2. The topological polar surface area (TPSA) is 101 Å². The van der Waals surface area contributed by atoms with Crippen LogP contribution in [0, 0.1) is 0 Å². The largest absolute Gasteiger partial charge is 0.394 e. The number of hydrogen-bond donors (Lipinski definition) is 3. The van der Waals surface area contributed by atoms with Crippen molar-refractivity contribution in [3.05, 3.63) is 47.8 Å². The van der Waals surface area contributed by atoms with Crippen LogP contribution in [0.15, 0.2) is 36.5 Å². The predicted molar refractivity (Wildman–Crippen MR) is 72.3 cm³/mol. The molecule has 3 rings (SSSR count). The molecule has 1 aliphatic heterocycles. The Labute approximate surface area is 121 Å². The van der Waals surface area contributed by atoms with Crippen LogP contribution in [0.1, 0.15) is 17.5 Å². The van der Waals surface area contributed by atoms with E-state index in [0.29, 0.717) is 6.42 Å². The minimum Gasteiger partial charge on any atom is -0.394 e. The zero-order chi connectivity index (χ0) is 14.8. The molecule has 0 unspecified atom stereocenters. The molecule has 1 fully saturated rings. The lowest BCUT2D eigenvalue weighted by atomic mass is 10.1. The molecule has 1 aliphatic rings. The van der Waals surface area contributed by atoms with Crippen LogP contribution in [0.25, 0.3) is 0 Å². The van der Waals surface area contributed by atoms with Crippen LogP contribution >= 0.6 is 0 Å². The molecular formula is C14H17N3O4. The molecule has 0 bridgehead atoms. The molecule has 1 aromatic carbocycles. The summed E-state index contributed by atoms with van der Waals surface area (Å²) in [4.78, 5) is 0. The number of hydrogen-bond acceptors (Lipinski definition) is 6. The van der Waals surface area contributed by atoms with Crippen molar-refractivity contribution >= 4 is 0 Å². The number of aliphatic hydroxyl groups excluding tert-OH is 3. The molecule has 4 atom stereocenters. The van der Waals surface area contributed by atoms with Gasteiger partial charge in [-0.1, -0.05) is 35.5 Å². The molecule has 0 amide bonds. The highest BCUT2D eigenvalue weighted by atomic mass is 16.6. The van der Waals surface area contributed by atoms with Gasteiger partial charge >= 0.3 is 0 Å². The normalized spacial score (nSPS) is 28.9. The van der Waals surface area contributed by atoms with Crippen molar-refractivity contribution in [3.63, 3.8) is 0 Å². The molecule has 112 valence electrons. The highest BCUT2D eigenvalue weighted by Gasteiger charge is 2.44. The van der Waals surface area contributed by atoms with Gasteiger partial charge in [-0.2, -0.15) is 0 Å². The molecule has 2 aromatic rings. The van der Waals surface area contributed by atoms with E-state index in [-0.39, 0.29) is 6.61 Å². The second-order valence-corrected chi connectivity index (χ2v) is 5.06. The van der Waals surface area contributed by atoms with E-state index >= 15 is 0 Å². The number of aromatic nitrogens is 3. The predicted octanol–water partition coefficient (Wildman–Crippen LogP) is -0.520. The molecule has 21 heavy (non-hydrogen) atoms. The molecule has 7 nitrogen and oxygen atoms in total. The molecule has 2 heterocycles. The first-order valence-electron chi connectivity index (χ1n) is 6.76. The maximum atomic E-state index is 10.0. The van der Waals surface area contributed by atoms with Crippen LogP contribution in [0.3, 0.4) is 0 Å².